The summed E-state index contributed by atoms with van der Waals surface area (Å²) in [5.74, 6) is -1.73. The molecule has 7 nitrogen and oxygen atoms in total. The molecule has 0 aliphatic heterocycles. The molecule has 0 atom stereocenters. The average Bonchev–Trinajstić information content (AvgIpc) is 2.77. The molecule has 0 radical (unpaired) electrons. The lowest BCUT2D eigenvalue weighted by atomic mass is 10.1. The van der Waals surface area contributed by atoms with Gasteiger partial charge in [-0.05, 0) is 48.5 Å². The van der Waals surface area contributed by atoms with Gasteiger partial charge in [-0.1, -0.05) is 24.3 Å². The Balaban J connectivity index is 1.63. The summed E-state index contributed by atoms with van der Waals surface area (Å²) in [6.45, 7) is -0.176. The lowest BCUT2D eigenvalue weighted by Gasteiger charge is -2.12. The standard InChI is InChI=1S/C23H19F3N4O3/c24-23(25,26)15-6-4-8-17(12-15)30-22(33)14-5-3-7-16(11-14)29-20(31)13-28-19-10-2-1-9-18(19)21(27)32/h1-12,28H,13H2,(H2,27,32)(H,29,31)(H,30,33). The second kappa shape index (κ2) is 9.86. The minimum absolute atomic E-state index is 0.0124. The van der Waals surface area contributed by atoms with Crippen LogP contribution in [0.25, 0.3) is 0 Å². The molecule has 0 aliphatic carbocycles. The van der Waals surface area contributed by atoms with E-state index in [4.69, 9.17) is 5.73 Å². The van der Waals surface area contributed by atoms with Crippen LogP contribution in [0.1, 0.15) is 26.3 Å². The van der Waals surface area contributed by atoms with E-state index in [1.54, 1.807) is 24.3 Å². The minimum Gasteiger partial charge on any atom is -0.376 e. The van der Waals surface area contributed by atoms with Crippen molar-refractivity contribution in [2.75, 3.05) is 22.5 Å². The predicted molar refractivity (Wildman–Crippen MR) is 118 cm³/mol. The number of nitrogens with two attached hydrogens (primary N) is 1. The summed E-state index contributed by atoms with van der Waals surface area (Å²) >= 11 is 0. The van der Waals surface area contributed by atoms with E-state index in [-0.39, 0.29) is 23.4 Å². The summed E-state index contributed by atoms with van der Waals surface area (Å²) in [6, 6.07) is 16.6. The number of carbonyl (C=O) groups is 3. The highest BCUT2D eigenvalue weighted by Gasteiger charge is 2.30. The number of alkyl halides is 3. The van der Waals surface area contributed by atoms with Crippen molar-refractivity contribution in [2.45, 2.75) is 6.18 Å². The molecule has 0 spiro atoms. The third kappa shape index (κ3) is 6.33. The van der Waals surface area contributed by atoms with Gasteiger partial charge < -0.3 is 21.7 Å². The molecule has 3 rings (SSSR count). The first-order chi connectivity index (χ1) is 15.6. The molecule has 0 saturated carbocycles. The van der Waals surface area contributed by atoms with Gasteiger partial charge in [0.1, 0.15) is 0 Å². The Hall–Kier alpha value is -4.34. The van der Waals surface area contributed by atoms with Crippen LogP contribution in [0, 0.1) is 0 Å². The van der Waals surface area contributed by atoms with Crippen LogP contribution in [-0.4, -0.2) is 24.3 Å². The average molecular weight is 456 g/mol. The molecule has 0 aromatic heterocycles. The summed E-state index contributed by atoms with van der Waals surface area (Å²) in [7, 11) is 0. The van der Waals surface area contributed by atoms with Crippen LogP contribution in [0.15, 0.2) is 72.8 Å². The second-order valence-electron chi connectivity index (χ2n) is 6.93. The van der Waals surface area contributed by atoms with Gasteiger partial charge in [0, 0.05) is 22.6 Å². The SMILES string of the molecule is NC(=O)c1ccccc1NCC(=O)Nc1cccc(C(=O)Nc2cccc(C(F)(F)F)c2)c1. The third-order valence-electron chi connectivity index (χ3n) is 4.49. The maximum atomic E-state index is 12.9. The molecule has 0 heterocycles. The Morgan fingerprint density at radius 2 is 1.48 bits per heavy atom. The Labute approximate surface area is 186 Å². The molecule has 0 unspecified atom stereocenters. The van der Waals surface area contributed by atoms with Gasteiger partial charge in [0.25, 0.3) is 11.8 Å². The number of amides is 3. The largest absolute Gasteiger partial charge is 0.416 e. The van der Waals surface area contributed by atoms with E-state index in [9.17, 15) is 27.6 Å². The summed E-state index contributed by atoms with van der Waals surface area (Å²) in [4.78, 5) is 36.2. The van der Waals surface area contributed by atoms with Gasteiger partial charge in [-0.3, -0.25) is 14.4 Å². The highest BCUT2D eigenvalue weighted by Crippen LogP contribution is 2.30. The first-order valence-corrected chi connectivity index (χ1v) is 9.65. The first-order valence-electron chi connectivity index (χ1n) is 9.65. The van der Waals surface area contributed by atoms with Crippen LogP contribution in [0.5, 0.6) is 0 Å². The van der Waals surface area contributed by atoms with Crippen LogP contribution >= 0.6 is 0 Å². The maximum absolute atomic E-state index is 12.9. The number of hydrogen-bond donors (Lipinski definition) is 4. The summed E-state index contributed by atoms with van der Waals surface area (Å²) in [6.07, 6.45) is -4.53. The predicted octanol–water partition coefficient (Wildman–Crippen LogP) is 4.11. The number of carbonyl (C=O) groups excluding carboxylic acids is 3. The Morgan fingerprint density at radius 1 is 0.818 bits per heavy atom. The Morgan fingerprint density at radius 3 is 2.18 bits per heavy atom. The summed E-state index contributed by atoms with van der Waals surface area (Å²) < 4.78 is 38.6. The molecular formula is C23H19F3N4O3. The number of anilines is 3. The van der Waals surface area contributed by atoms with E-state index < -0.39 is 29.5 Å². The monoisotopic (exact) mass is 456 g/mol. The van der Waals surface area contributed by atoms with Crippen LogP contribution in [0.3, 0.4) is 0 Å². The zero-order chi connectivity index (χ0) is 24.0. The normalized spacial score (nSPS) is 10.9. The zero-order valence-electron chi connectivity index (χ0n) is 17.1. The second-order valence-corrected chi connectivity index (χ2v) is 6.93. The lowest BCUT2D eigenvalue weighted by molar-refractivity contribution is -0.137. The van der Waals surface area contributed by atoms with Gasteiger partial charge in [-0.25, -0.2) is 0 Å². The third-order valence-corrected chi connectivity index (χ3v) is 4.49. The van der Waals surface area contributed by atoms with Crippen molar-refractivity contribution < 1.29 is 27.6 Å². The van der Waals surface area contributed by atoms with Crippen LogP contribution in [0.4, 0.5) is 30.2 Å². The molecule has 3 aromatic carbocycles. The molecule has 0 fully saturated rings. The van der Waals surface area contributed by atoms with Crippen LogP contribution in [0.2, 0.25) is 0 Å². The fourth-order valence-corrected chi connectivity index (χ4v) is 2.95. The minimum atomic E-state index is -4.53. The van der Waals surface area contributed by atoms with E-state index in [2.05, 4.69) is 16.0 Å². The van der Waals surface area contributed by atoms with Crippen LogP contribution < -0.4 is 21.7 Å². The van der Waals surface area contributed by atoms with E-state index in [1.165, 1.54) is 36.4 Å². The van der Waals surface area contributed by atoms with Gasteiger partial charge in [0.05, 0.1) is 17.7 Å². The zero-order valence-corrected chi connectivity index (χ0v) is 17.1. The smallest absolute Gasteiger partial charge is 0.376 e. The number of rotatable bonds is 7. The maximum Gasteiger partial charge on any atom is 0.416 e. The summed E-state index contributed by atoms with van der Waals surface area (Å²) in [5.41, 5.74) is 5.48. The van der Waals surface area contributed by atoms with E-state index >= 15 is 0 Å². The number of nitrogens with one attached hydrogen (secondary N) is 3. The van der Waals surface area contributed by atoms with Crippen molar-refractivity contribution in [2.24, 2.45) is 5.73 Å². The fourth-order valence-electron chi connectivity index (χ4n) is 2.95. The van der Waals surface area contributed by atoms with Gasteiger partial charge in [0.2, 0.25) is 5.91 Å². The van der Waals surface area contributed by atoms with Crippen molar-refractivity contribution in [3.63, 3.8) is 0 Å². The molecule has 33 heavy (non-hydrogen) atoms. The van der Waals surface area contributed by atoms with Crippen LogP contribution in [-0.2, 0) is 11.0 Å². The fraction of sp³-hybridized carbons (Fsp3) is 0.0870. The van der Waals surface area contributed by atoms with E-state index in [0.29, 0.717) is 11.4 Å². The van der Waals surface area contributed by atoms with Crippen molar-refractivity contribution in [3.8, 4) is 0 Å². The number of primary amides is 1. The molecule has 0 saturated heterocycles. The molecule has 3 aromatic rings. The first kappa shape index (κ1) is 23.3. The van der Waals surface area contributed by atoms with Gasteiger partial charge in [-0.2, -0.15) is 13.2 Å². The molecule has 3 amide bonds. The Bertz CT molecular complexity index is 1200. The number of halogens is 3. The molecule has 5 N–H and O–H groups in total. The van der Waals surface area contributed by atoms with E-state index in [1.807, 2.05) is 0 Å². The number of benzene rings is 3. The topological polar surface area (TPSA) is 113 Å². The number of para-hydroxylation sites is 1. The van der Waals surface area contributed by atoms with Crippen molar-refractivity contribution in [1.82, 2.24) is 0 Å². The molecule has 10 heteroatoms. The Kier molecular flexibility index (Phi) is 6.97. The van der Waals surface area contributed by atoms with Gasteiger partial charge >= 0.3 is 6.18 Å². The molecule has 170 valence electrons. The number of hydrogen-bond acceptors (Lipinski definition) is 4. The molecular weight excluding hydrogens is 437 g/mol. The molecule has 0 bridgehead atoms. The van der Waals surface area contributed by atoms with Gasteiger partial charge in [0.15, 0.2) is 0 Å². The quantitative estimate of drug-likeness (QED) is 0.429. The van der Waals surface area contributed by atoms with Crippen molar-refractivity contribution >= 4 is 34.8 Å². The lowest BCUT2D eigenvalue weighted by Crippen LogP contribution is -2.23. The summed E-state index contributed by atoms with van der Waals surface area (Å²) in [5, 5.41) is 7.83. The van der Waals surface area contributed by atoms with Crippen molar-refractivity contribution in [3.05, 3.63) is 89.5 Å². The van der Waals surface area contributed by atoms with Gasteiger partial charge in [-0.15, -0.1) is 0 Å². The van der Waals surface area contributed by atoms with Crippen molar-refractivity contribution in [1.29, 1.82) is 0 Å². The molecule has 0 aliphatic rings. The highest BCUT2D eigenvalue weighted by atomic mass is 19.4. The van der Waals surface area contributed by atoms with E-state index in [0.717, 1.165) is 12.1 Å². The highest BCUT2D eigenvalue weighted by molar-refractivity contribution is 6.05.